The van der Waals surface area contributed by atoms with Crippen molar-refractivity contribution in [2.45, 2.75) is 71.1 Å². The third kappa shape index (κ3) is 19.6. The summed E-state index contributed by atoms with van der Waals surface area (Å²) in [5.74, 6) is -0.659. The van der Waals surface area contributed by atoms with Crippen LogP contribution in [0.5, 0.6) is 0 Å². The van der Waals surface area contributed by atoms with Gasteiger partial charge in [0, 0.05) is 25.3 Å². The fourth-order valence-electron chi connectivity index (χ4n) is 1.59. The molecule has 0 aliphatic heterocycles. The molecule has 0 rings (SSSR count). The molecule has 0 saturated carbocycles. The number of hydrogen-bond acceptors (Lipinski definition) is 2. The molecule has 0 unspecified atom stereocenters. The summed E-state index contributed by atoms with van der Waals surface area (Å²) in [5, 5.41) is 8.41. The summed E-state index contributed by atoms with van der Waals surface area (Å²) >= 11 is 0. The Kier molecular flexibility index (Phi) is 23.2. The van der Waals surface area contributed by atoms with Gasteiger partial charge in [-0.05, 0) is 6.42 Å². The van der Waals surface area contributed by atoms with E-state index in [2.05, 4.69) is 6.92 Å². The number of aliphatic carboxylic acids is 1. The van der Waals surface area contributed by atoms with Crippen LogP contribution in [0.4, 0.5) is 0 Å². The standard InChI is InChI=1S/C12H24O2.Li.H3N/c1-2-3-4-5-6-7-8-9-10-11-12(13)14;;/h2-11H2,1H3,(H,13,14);;1H3. The van der Waals surface area contributed by atoms with E-state index in [1.54, 1.807) is 0 Å². The van der Waals surface area contributed by atoms with Crippen LogP contribution in [0.3, 0.4) is 0 Å². The number of rotatable bonds is 10. The first-order valence-corrected chi connectivity index (χ1v) is 5.99. The fraction of sp³-hybridized carbons (Fsp3) is 0.917. The van der Waals surface area contributed by atoms with Crippen LogP contribution < -0.4 is 6.15 Å². The van der Waals surface area contributed by atoms with Crippen molar-refractivity contribution in [3.63, 3.8) is 0 Å². The molecule has 1 radical (unpaired) electrons. The Morgan fingerprint density at radius 2 is 1.25 bits per heavy atom. The smallest absolute Gasteiger partial charge is 0.303 e. The Morgan fingerprint density at radius 1 is 0.875 bits per heavy atom. The Balaban J connectivity index is -0.000000845. The largest absolute Gasteiger partial charge is 0.481 e. The van der Waals surface area contributed by atoms with Gasteiger partial charge in [-0.1, -0.05) is 58.3 Å². The molecule has 4 N–H and O–H groups in total. The minimum Gasteiger partial charge on any atom is -0.481 e. The number of carboxylic acids is 1. The predicted molar refractivity (Wildman–Crippen MR) is 70.3 cm³/mol. The van der Waals surface area contributed by atoms with Crippen molar-refractivity contribution < 1.29 is 9.90 Å². The number of carbonyl (C=O) groups is 1. The zero-order chi connectivity index (χ0) is 10.6. The third-order valence-corrected chi connectivity index (χ3v) is 2.49. The molecule has 93 valence electrons. The zero-order valence-corrected chi connectivity index (χ0v) is 11.1. The molecule has 0 heterocycles. The number of hydrogen-bond donors (Lipinski definition) is 2. The van der Waals surface area contributed by atoms with Crippen LogP contribution in [-0.2, 0) is 4.79 Å². The minimum atomic E-state index is -0.659. The van der Waals surface area contributed by atoms with Gasteiger partial charge in [0.2, 0.25) is 0 Å². The Hall–Kier alpha value is 0.0274. The van der Waals surface area contributed by atoms with Gasteiger partial charge in [0.15, 0.2) is 0 Å². The molecule has 0 atom stereocenters. The van der Waals surface area contributed by atoms with Gasteiger partial charge in [0.25, 0.3) is 0 Å². The maximum absolute atomic E-state index is 10.2. The summed E-state index contributed by atoms with van der Waals surface area (Å²) in [6, 6.07) is 0. The van der Waals surface area contributed by atoms with E-state index in [1.807, 2.05) is 0 Å². The van der Waals surface area contributed by atoms with Crippen LogP contribution >= 0.6 is 0 Å². The Bertz CT molecular complexity index is 143. The van der Waals surface area contributed by atoms with Gasteiger partial charge in [-0.2, -0.15) is 0 Å². The molecule has 16 heavy (non-hydrogen) atoms. The summed E-state index contributed by atoms with van der Waals surface area (Å²) in [6.07, 6.45) is 11.5. The van der Waals surface area contributed by atoms with Crippen molar-refractivity contribution in [1.82, 2.24) is 6.15 Å². The molecule has 0 aromatic heterocycles. The van der Waals surface area contributed by atoms with Gasteiger partial charge in [-0.3, -0.25) is 4.79 Å². The number of carboxylic acid groups (broad SMARTS) is 1. The van der Waals surface area contributed by atoms with Crippen molar-refractivity contribution in [1.29, 1.82) is 0 Å². The molecule has 0 aliphatic carbocycles. The van der Waals surface area contributed by atoms with Crippen LogP contribution in [-0.4, -0.2) is 29.9 Å². The van der Waals surface area contributed by atoms with E-state index in [9.17, 15) is 4.79 Å². The normalized spacial score (nSPS) is 9.06. The van der Waals surface area contributed by atoms with Gasteiger partial charge in [0.05, 0.1) is 0 Å². The van der Waals surface area contributed by atoms with Gasteiger partial charge >= 0.3 is 5.97 Å². The molecule has 0 amide bonds. The van der Waals surface area contributed by atoms with Crippen LogP contribution in [0.1, 0.15) is 71.1 Å². The van der Waals surface area contributed by atoms with E-state index >= 15 is 0 Å². The maximum atomic E-state index is 10.2. The summed E-state index contributed by atoms with van der Waals surface area (Å²) in [7, 11) is 0. The van der Waals surface area contributed by atoms with Crippen molar-refractivity contribution in [3.05, 3.63) is 0 Å². The molecular weight excluding hydrogens is 197 g/mol. The second-order valence-electron chi connectivity index (χ2n) is 3.97. The summed E-state index contributed by atoms with van der Waals surface area (Å²) in [6.45, 7) is 2.23. The minimum absolute atomic E-state index is 0. The van der Waals surface area contributed by atoms with Gasteiger partial charge in [-0.15, -0.1) is 0 Å². The average Bonchev–Trinajstić information content (AvgIpc) is 2.15. The van der Waals surface area contributed by atoms with Gasteiger partial charge in [0.1, 0.15) is 0 Å². The first-order chi connectivity index (χ1) is 6.77. The molecule has 0 aromatic rings. The molecule has 0 aromatic carbocycles. The first kappa shape index (κ1) is 21.3. The van der Waals surface area contributed by atoms with E-state index in [4.69, 9.17) is 5.11 Å². The molecule has 3 nitrogen and oxygen atoms in total. The summed E-state index contributed by atoms with van der Waals surface area (Å²) in [5.41, 5.74) is 0. The van der Waals surface area contributed by atoms with Crippen molar-refractivity contribution in [2.24, 2.45) is 0 Å². The predicted octanol–water partition coefficient (Wildman–Crippen LogP) is 3.77. The SMILES string of the molecule is CCCCCCCCCCCC(=O)O.N.[Li]. The average molecular weight is 224 g/mol. The molecule has 0 saturated heterocycles. The van der Waals surface area contributed by atoms with E-state index in [1.165, 1.54) is 44.9 Å². The van der Waals surface area contributed by atoms with E-state index in [-0.39, 0.29) is 25.0 Å². The Morgan fingerprint density at radius 3 is 1.62 bits per heavy atom. The van der Waals surface area contributed by atoms with E-state index in [0.717, 1.165) is 12.8 Å². The maximum Gasteiger partial charge on any atom is 0.303 e. The second-order valence-corrected chi connectivity index (χ2v) is 3.97. The van der Waals surface area contributed by atoms with Crippen LogP contribution in [0, 0.1) is 0 Å². The first-order valence-electron chi connectivity index (χ1n) is 5.99. The van der Waals surface area contributed by atoms with Crippen LogP contribution in [0.2, 0.25) is 0 Å². The fourth-order valence-corrected chi connectivity index (χ4v) is 1.59. The van der Waals surface area contributed by atoms with E-state index in [0.29, 0.717) is 6.42 Å². The zero-order valence-electron chi connectivity index (χ0n) is 11.1. The number of unbranched alkanes of at least 4 members (excludes halogenated alkanes) is 8. The third-order valence-electron chi connectivity index (χ3n) is 2.49. The molecular formula is C12H27LiNO2. The van der Waals surface area contributed by atoms with Crippen molar-refractivity contribution in [3.8, 4) is 0 Å². The summed E-state index contributed by atoms with van der Waals surface area (Å²) in [4.78, 5) is 10.2. The monoisotopic (exact) mass is 224 g/mol. The summed E-state index contributed by atoms with van der Waals surface area (Å²) < 4.78 is 0. The molecule has 0 fully saturated rings. The topological polar surface area (TPSA) is 72.3 Å². The molecule has 0 spiro atoms. The second kappa shape index (κ2) is 17.4. The van der Waals surface area contributed by atoms with Crippen LogP contribution in [0.25, 0.3) is 0 Å². The molecule has 0 bridgehead atoms. The quantitative estimate of drug-likeness (QED) is 0.438. The van der Waals surface area contributed by atoms with Gasteiger partial charge < -0.3 is 11.3 Å². The van der Waals surface area contributed by atoms with Crippen molar-refractivity contribution >= 4 is 24.8 Å². The van der Waals surface area contributed by atoms with Crippen LogP contribution in [0.15, 0.2) is 0 Å². The Labute approximate surface area is 112 Å². The molecule has 0 aliphatic rings. The van der Waals surface area contributed by atoms with E-state index < -0.39 is 5.97 Å². The van der Waals surface area contributed by atoms with Gasteiger partial charge in [-0.25, -0.2) is 0 Å². The molecule has 4 heteroatoms. The van der Waals surface area contributed by atoms with Crippen molar-refractivity contribution in [2.75, 3.05) is 0 Å².